The van der Waals surface area contributed by atoms with E-state index in [2.05, 4.69) is 5.32 Å². The molecule has 1 N–H and O–H groups in total. The number of hydrogen-bond acceptors (Lipinski definition) is 3. The number of halogens is 2. The second-order valence-corrected chi connectivity index (χ2v) is 7.74. The Morgan fingerprint density at radius 2 is 1.84 bits per heavy atom. The number of aryl methyl sites for hydroxylation is 1. The van der Waals surface area contributed by atoms with Crippen molar-refractivity contribution in [3.63, 3.8) is 0 Å². The monoisotopic (exact) mass is 366 g/mol. The van der Waals surface area contributed by atoms with Gasteiger partial charge in [0.25, 0.3) is 5.91 Å². The van der Waals surface area contributed by atoms with Crippen molar-refractivity contribution in [2.45, 2.75) is 12.8 Å². The van der Waals surface area contributed by atoms with Gasteiger partial charge in [0.1, 0.15) is 17.3 Å². The molecule has 5 nitrogen and oxygen atoms in total. The fourth-order valence-corrected chi connectivity index (χ4v) is 3.85. The Morgan fingerprint density at radius 1 is 1.16 bits per heavy atom. The summed E-state index contributed by atoms with van der Waals surface area (Å²) in [6.45, 7) is 0.387. The van der Waals surface area contributed by atoms with Crippen molar-refractivity contribution >= 4 is 27.3 Å². The average Bonchev–Trinajstić information content (AvgIpc) is 2.56. The van der Waals surface area contributed by atoms with Crippen molar-refractivity contribution in [3.8, 4) is 0 Å². The molecule has 1 heterocycles. The molecular weight excluding hydrogens is 350 g/mol. The van der Waals surface area contributed by atoms with Gasteiger partial charge in [-0.3, -0.25) is 9.10 Å². The smallest absolute Gasteiger partial charge is 0.255 e. The molecular formula is C17H16F2N2O3S. The van der Waals surface area contributed by atoms with E-state index in [1.54, 1.807) is 12.1 Å². The van der Waals surface area contributed by atoms with Crippen molar-refractivity contribution < 1.29 is 22.0 Å². The summed E-state index contributed by atoms with van der Waals surface area (Å²) in [5, 5.41) is 2.22. The van der Waals surface area contributed by atoms with Crippen LogP contribution in [0.3, 0.4) is 0 Å². The van der Waals surface area contributed by atoms with Gasteiger partial charge >= 0.3 is 0 Å². The summed E-state index contributed by atoms with van der Waals surface area (Å²) in [6, 6.07) is 7.85. The number of amides is 1. The van der Waals surface area contributed by atoms with Crippen molar-refractivity contribution in [2.24, 2.45) is 0 Å². The third-order valence-corrected chi connectivity index (χ3v) is 5.20. The molecule has 0 aromatic heterocycles. The molecule has 3 rings (SSSR count). The van der Waals surface area contributed by atoms with Crippen LogP contribution in [0.25, 0.3) is 0 Å². The third kappa shape index (κ3) is 3.48. The summed E-state index contributed by atoms with van der Waals surface area (Å²) < 4.78 is 52.3. The molecule has 2 aromatic rings. The summed E-state index contributed by atoms with van der Waals surface area (Å²) in [7, 11) is -3.40. The van der Waals surface area contributed by atoms with Crippen molar-refractivity contribution in [3.05, 3.63) is 59.2 Å². The Bertz CT molecular complexity index is 925. The van der Waals surface area contributed by atoms with E-state index < -0.39 is 33.3 Å². The van der Waals surface area contributed by atoms with Crippen LogP contribution in [-0.4, -0.2) is 27.1 Å². The maximum absolute atomic E-state index is 13.7. The van der Waals surface area contributed by atoms with Gasteiger partial charge in [0.05, 0.1) is 11.9 Å². The topological polar surface area (TPSA) is 66.5 Å². The number of carbonyl (C=O) groups is 1. The van der Waals surface area contributed by atoms with E-state index >= 15 is 0 Å². The van der Waals surface area contributed by atoms with Crippen LogP contribution in [0.4, 0.5) is 20.2 Å². The molecule has 0 bridgehead atoms. The summed E-state index contributed by atoms with van der Waals surface area (Å²) in [4.78, 5) is 12.3. The van der Waals surface area contributed by atoms with Crippen LogP contribution in [0.1, 0.15) is 22.3 Å². The molecule has 1 aliphatic heterocycles. The number of para-hydroxylation sites is 1. The lowest BCUT2D eigenvalue weighted by atomic mass is 10.0. The number of nitrogens with zero attached hydrogens (tertiary/aromatic N) is 1. The molecule has 0 saturated heterocycles. The first-order valence-electron chi connectivity index (χ1n) is 7.63. The SMILES string of the molecule is CS(=O)(=O)N1CCCc2cc(C(=O)Nc3c(F)cccc3F)ccc21. The summed E-state index contributed by atoms with van der Waals surface area (Å²) in [5.74, 6) is -2.40. The minimum Gasteiger partial charge on any atom is -0.317 e. The Kier molecular flexibility index (Phi) is 4.47. The van der Waals surface area contributed by atoms with E-state index in [1.165, 1.54) is 16.4 Å². The van der Waals surface area contributed by atoms with E-state index in [0.29, 0.717) is 30.6 Å². The highest BCUT2D eigenvalue weighted by molar-refractivity contribution is 7.92. The standard InChI is InChI=1S/C17H16F2N2O3S/c1-25(23,24)21-9-3-4-11-10-12(7-8-15(11)21)17(22)20-16-13(18)5-2-6-14(16)19/h2,5-8,10H,3-4,9H2,1H3,(H,20,22). The number of anilines is 2. The second kappa shape index (κ2) is 6.44. The molecule has 0 aliphatic carbocycles. The number of hydrogen-bond donors (Lipinski definition) is 1. The lowest BCUT2D eigenvalue weighted by Crippen LogP contribution is -2.34. The van der Waals surface area contributed by atoms with Gasteiger partial charge in [-0.15, -0.1) is 0 Å². The number of fused-ring (bicyclic) bond motifs is 1. The molecule has 0 spiro atoms. The van der Waals surface area contributed by atoms with Gasteiger partial charge in [0.2, 0.25) is 10.0 Å². The van der Waals surface area contributed by atoms with E-state index in [9.17, 15) is 22.0 Å². The lowest BCUT2D eigenvalue weighted by Gasteiger charge is -2.29. The molecule has 1 aliphatic rings. The lowest BCUT2D eigenvalue weighted by molar-refractivity contribution is 0.102. The van der Waals surface area contributed by atoms with E-state index in [0.717, 1.165) is 18.4 Å². The molecule has 0 saturated carbocycles. The maximum Gasteiger partial charge on any atom is 0.255 e. The number of benzene rings is 2. The first kappa shape index (κ1) is 17.3. The summed E-state index contributed by atoms with van der Waals surface area (Å²) in [6.07, 6.45) is 2.38. The predicted octanol–water partition coefficient (Wildman–Crippen LogP) is 2.93. The minimum atomic E-state index is -3.40. The Labute approximate surface area is 144 Å². The number of nitrogens with one attached hydrogen (secondary N) is 1. The van der Waals surface area contributed by atoms with E-state index in [1.807, 2.05) is 0 Å². The fourth-order valence-electron chi connectivity index (χ4n) is 2.85. The minimum absolute atomic E-state index is 0.205. The van der Waals surface area contributed by atoms with Crippen molar-refractivity contribution in [2.75, 3.05) is 22.4 Å². The highest BCUT2D eigenvalue weighted by Gasteiger charge is 2.25. The van der Waals surface area contributed by atoms with Gasteiger partial charge in [0.15, 0.2) is 0 Å². The molecule has 25 heavy (non-hydrogen) atoms. The molecule has 8 heteroatoms. The first-order valence-corrected chi connectivity index (χ1v) is 9.48. The summed E-state index contributed by atoms with van der Waals surface area (Å²) >= 11 is 0. The molecule has 132 valence electrons. The van der Waals surface area contributed by atoms with Crippen LogP contribution < -0.4 is 9.62 Å². The Balaban J connectivity index is 1.91. The normalized spacial score (nSPS) is 14.1. The van der Waals surface area contributed by atoms with E-state index in [4.69, 9.17) is 0 Å². The van der Waals surface area contributed by atoms with Crippen LogP contribution in [-0.2, 0) is 16.4 Å². The van der Waals surface area contributed by atoms with Crippen LogP contribution in [0, 0.1) is 11.6 Å². The molecule has 0 unspecified atom stereocenters. The van der Waals surface area contributed by atoms with Crippen molar-refractivity contribution in [1.29, 1.82) is 0 Å². The zero-order valence-corrected chi connectivity index (χ0v) is 14.2. The van der Waals surface area contributed by atoms with Crippen LogP contribution in [0.5, 0.6) is 0 Å². The van der Waals surface area contributed by atoms with Gasteiger partial charge < -0.3 is 5.32 Å². The molecule has 0 radical (unpaired) electrons. The highest BCUT2D eigenvalue weighted by Crippen LogP contribution is 2.30. The fraction of sp³-hybridized carbons (Fsp3) is 0.235. The van der Waals surface area contributed by atoms with Crippen molar-refractivity contribution in [1.82, 2.24) is 0 Å². The van der Waals surface area contributed by atoms with Crippen LogP contribution in [0.2, 0.25) is 0 Å². The Morgan fingerprint density at radius 3 is 2.48 bits per heavy atom. The second-order valence-electron chi connectivity index (χ2n) is 5.83. The summed E-state index contributed by atoms with van der Waals surface area (Å²) in [5.41, 5.74) is 0.931. The number of carbonyl (C=O) groups excluding carboxylic acids is 1. The first-order chi connectivity index (χ1) is 11.8. The Hall–Kier alpha value is -2.48. The molecule has 0 fully saturated rings. The average molecular weight is 366 g/mol. The van der Waals surface area contributed by atoms with E-state index in [-0.39, 0.29) is 5.56 Å². The van der Waals surface area contributed by atoms with Gasteiger partial charge in [-0.2, -0.15) is 0 Å². The quantitative estimate of drug-likeness (QED) is 0.908. The zero-order chi connectivity index (χ0) is 18.2. The maximum atomic E-state index is 13.7. The van der Waals surface area contributed by atoms with Crippen LogP contribution in [0.15, 0.2) is 36.4 Å². The van der Waals surface area contributed by atoms with Gasteiger partial charge in [-0.1, -0.05) is 6.07 Å². The predicted molar refractivity (Wildman–Crippen MR) is 91.3 cm³/mol. The number of sulfonamides is 1. The van der Waals surface area contributed by atoms with Gasteiger partial charge in [-0.25, -0.2) is 17.2 Å². The largest absolute Gasteiger partial charge is 0.317 e. The van der Waals surface area contributed by atoms with Gasteiger partial charge in [0, 0.05) is 12.1 Å². The highest BCUT2D eigenvalue weighted by atomic mass is 32.2. The van der Waals surface area contributed by atoms with Crippen LogP contribution >= 0.6 is 0 Å². The van der Waals surface area contributed by atoms with Gasteiger partial charge in [-0.05, 0) is 48.7 Å². The third-order valence-electron chi connectivity index (χ3n) is 4.02. The molecule has 2 aromatic carbocycles. The number of rotatable bonds is 3. The zero-order valence-electron chi connectivity index (χ0n) is 13.4. The molecule has 1 amide bonds. The molecule has 0 atom stereocenters.